The summed E-state index contributed by atoms with van der Waals surface area (Å²) in [7, 11) is 0. The fourth-order valence-electron chi connectivity index (χ4n) is 2.79. The van der Waals surface area contributed by atoms with E-state index in [9.17, 15) is 0 Å². The first-order chi connectivity index (χ1) is 7.77. The summed E-state index contributed by atoms with van der Waals surface area (Å²) in [6.07, 6.45) is 12.1. The average molecular weight is 219 g/mol. The molecule has 1 aromatic heterocycles. The van der Waals surface area contributed by atoms with Gasteiger partial charge in [-0.05, 0) is 32.6 Å². The van der Waals surface area contributed by atoms with Gasteiger partial charge in [0.2, 0.25) is 0 Å². The topological polar surface area (TPSA) is 29.9 Å². The van der Waals surface area contributed by atoms with Gasteiger partial charge in [0.15, 0.2) is 0 Å². The molecular weight excluding hydrogens is 198 g/mol. The van der Waals surface area contributed by atoms with Gasteiger partial charge in [-0.3, -0.25) is 0 Å². The molecule has 0 bridgehead atoms. The molecule has 0 atom stereocenters. The van der Waals surface area contributed by atoms with E-state index in [0.29, 0.717) is 5.54 Å². The molecule has 0 unspecified atom stereocenters. The summed E-state index contributed by atoms with van der Waals surface area (Å²) >= 11 is 0. The van der Waals surface area contributed by atoms with Crippen LogP contribution < -0.4 is 5.32 Å². The van der Waals surface area contributed by atoms with Gasteiger partial charge in [-0.15, -0.1) is 0 Å². The van der Waals surface area contributed by atoms with E-state index < -0.39 is 0 Å². The minimum atomic E-state index is 0.374. The third-order valence-electron chi connectivity index (χ3n) is 4.09. The molecule has 2 fully saturated rings. The SMILES string of the molecule is CC1(NCc2cncn2C2CC2)CCCC1. The molecule has 2 aliphatic carbocycles. The zero-order valence-electron chi connectivity index (χ0n) is 10.1. The summed E-state index contributed by atoms with van der Waals surface area (Å²) in [5.41, 5.74) is 1.73. The molecule has 2 saturated carbocycles. The van der Waals surface area contributed by atoms with Crippen molar-refractivity contribution < 1.29 is 0 Å². The summed E-state index contributed by atoms with van der Waals surface area (Å²) in [5.74, 6) is 0. The van der Waals surface area contributed by atoms with Crippen molar-refractivity contribution >= 4 is 0 Å². The van der Waals surface area contributed by atoms with Gasteiger partial charge in [0, 0.05) is 24.3 Å². The molecule has 1 aromatic rings. The number of nitrogens with zero attached hydrogens (tertiary/aromatic N) is 2. The van der Waals surface area contributed by atoms with Gasteiger partial charge in [0.05, 0.1) is 12.0 Å². The van der Waals surface area contributed by atoms with Crippen molar-refractivity contribution in [2.75, 3.05) is 0 Å². The van der Waals surface area contributed by atoms with Crippen molar-refractivity contribution in [3.05, 3.63) is 18.2 Å². The van der Waals surface area contributed by atoms with E-state index >= 15 is 0 Å². The van der Waals surface area contributed by atoms with Crippen LogP contribution >= 0.6 is 0 Å². The number of imidazole rings is 1. The molecule has 0 spiro atoms. The van der Waals surface area contributed by atoms with Crippen molar-refractivity contribution in [3.63, 3.8) is 0 Å². The third kappa shape index (κ3) is 2.01. The number of hydrogen-bond acceptors (Lipinski definition) is 2. The van der Waals surface area contributed by atoms with Crippen LogP contribution in [0.2, 0.25) is 0 Å². The highest BCUT2D eigenvalue weighted by atomic mass is 15.1. The maximum atomic E-state index is 4.27. The quantitative estimate of drug-likeness (QED) is 0.843. The Morgan fingerprint density at radius 1 is 1.44 bits per heavy atom. The Kier molecular flexibility index (Phi) is 2.51. The summed E-state index contributed by atoms with van der Waals surface area (Å²) in [6, 6.07) is 0.746. The minimum absolute atomic E-state index is 0.374. The Hall–Kier alpha value is -0.830. The van der Waals surface area contributed by atoms with Crippen molar-refractivity contribution in [2.24, 2.45) is 0 Å². The second-order valence-electron chi connectivity index (χ2n) is 5.64. The highest BCUT2D eigenvalue weighted by Gasteiger charge is 2.29. The van der Waals surface area contributed by atoms with Gasteiger partial charge in [0.25, 0.3) is 0 Å². The van der Waals surface area contributed by atoms with Crippen molar-refractivity contribution in [1.29, 1.82) is 0 Å². The first-order valence-corrected chi connectivity index (χ1v) is 6.53. The molecule has 3 heteroatoms. The zero-order valence-corrected chi connectivity index (χ0v) is 10.1. The van der Waals surface area contributed by atoms with Crippen LogP contribution in [0.1, 0.15) is 57.2 Å². The molecule has 16 heavy (non-hydrogen) atoms. The smallest absolute Gasteiger partial charge is 0.0951 e. The summed E-state index contributed by atoms with van der Waals surface area (Å²) in [4.78, 5) is 4.27. The lowest BCUT2D eigenvalue weighted by Gasteiger charge is -2.25. The number of nitrogens with one attached hydrogen (secondary N) is 1. The van der Waals surface area contributed by atoms with E-state index in [2.05, 4.69) is 21.8 Å². The van der Waals surface area contributed by atoms with Gasteiger partial charge in [0.1, 0.15) is 0 Å². The molecule has 0 aromatic carbocycles. The Bertz CT molecular complexity index is 359. The predicted molar refractivity (Wildman–Crippen MR) is 64.2 cm³/mol. The van der Waals surface area contributed by atoms with E-state index in [4.69, 9.17) is 0 Å². The third-order valence-corrected chi connectivity index (χ3v) is 4.09. The molecule has 1 N–H and O–H groups in total. The van der Waals surface area contributed by atoms with E-state index in [0.717, 1.165) is 12.6 Å². The second kappa shape index (κ2) is 3.88. The fraction of sp³-hybridized carbons (Fsp3) is 0.769. The maximum Gasteiger partial charge on any atom is 0.0951 e. The van der Waals surface area contributed by atoms with Gasteiger partial charge in [-0.1, -0.05) is 12.8 Å². The molecule has 2 aliphatic rings. The largest absolute Gasteiger partial charge is 0.330 e. The first-order valence-electron chi connectivity index (χ1n) is 6.53. The van der Waals surface area contributed by atoms with Crippen molar-refractivity contribution in [2.45, 2.75) is 63.6 Å². The van der Waals surface area contributed by atoms with Crippen LogP contribution in [0.5, 0.6) is 0 Å². The summed E-state index contributed by atoms with van der Waals surface area (Å²) in [6.45, 7) is 3.34. The van der Waals surface area contributed by atoms with Crippen LogP contribution in [-0.4, -0.2) is 15.1 Å². The van der Waals surface area contributed by atoms with Gasteiger partial charge in [-0.2, -0.15) is 0 Å². The zero-order chi connectivity index (χ0) is 11.0. The molecular formula is C13H21N3. The minimum Gasteiger partial charge on any atom is -0.330 e. The lowest BCUT2D eigenvalue weighted by Crippen LogP contribution is -2.39. The van der Waals surface area contributed by atoms with Crippen molar-refractivity contribution in [3.8, 4) is 0 Å². The second-order valence-corrected chi connectivity index (χ2v) is 5.64. The normalized spacial score (nSPS) is 23.8. The highest BCUT2D eigenvalue weighted by Crippen LogP contribution is 2.36. The predicted octanol–water partition coefficient (Wildman–Crippen LogP) is 2.64. The number of rotatable bonds is 4. The summed E-state index contributed by atoms with van der Waals surface area (Å²) in [5, 5.41) is 3.72. The van der Waals surface area contributed by atoms with E-state index in [1.54, 1.807) is 0 Å². The van der Waals surface area contributed by atoms with E-state index in [-0.39, 0.29) is 0 Å². The van der Waals surface area contributed by atoms with E-state index in [1.807, 2.05) is 12.5 Å². The molecule has 0 aliphatic heterocycles. The van der Waals surface area contributed by atoms with E-state index in [1.165, 1.54) is 44.2 Å². The standard InChI is InChI=1S/C13H21N3/c1-13(6-2-3-7-13)15-9-12-8-14-10-16(12)11-4-5-11/h8,10-11,15H,2-7,9H2,1H3. The molecule has 0 saturated heterocycles. The maximum absolute atomic E-state index is 4.27. The molecule has 0 radical (unpaired) electrons. The lowest BCUT2D eigenvalue weighted by molar-refractivity contribution is 0.357. The van der Waals surface area contributed by atoms with Gasteiger partial charge >= 0.3 is 0 Å². The van der Waals surface area contributed by atoms with Crippen LogP contribution in [0.15, 0.2) is 12.5 Å². The Morgan fingerprint density at radius 3 is 2.88 bits per heavy atom. The van der Waals surface area contributed by atoms with Crippen LogP contribution in [0.3, 0.4) is 0 Å². The summed E-state index contributed by atoms with van der Waals surface area (Å²) < 4.78 is 2.35. The van der Waals surface area contributed by atoms with Gasteiger partial charge in [-0.25, -0.2) is 4.98 Å². The molecule has 1 heterocycles. The Morgan fingerprint density at radius 2 is 2.19 bits per heavy atom. The van der Waals surface area contributed by atoms with Crippen LogP contribution in [0.25, 0.3) is 0 Å². The van der Waals surface area contributed by atoms with Gasteiger partial charge < -0.3 is 9.88 Å². The monoisotopic (exact) mass is 219 g/mol. The molecule has 0 amide bonds. The van der Waals surface area contributed by atoms with Crippen LogP contribution in [0, 0.1) is 0 Å². The number of hydrogen-bond donors (Lipinski definition) is 1. The lowest BCUT2D eigenvalue weighted by atomic mass is 10.0. The molecule has 3 rings (SSSR count). The average Bonchev–Trinajstić information content (AvgIpc) is 2.86. The number of aromatic nitrogens is 2. The fourth-order valence-corrected chi connectivity index (χ4v) is 2.79. The van der Waals surface area contributed by atoms with Crippen LogP contribution in [-0.2, 0) is 6.54 Å². The molecule has 3 nitrogen and oxygen atoms in total. The molecule has 88 valence electrons. The Labute approximate surface area is 97.3 Å². The van der Waals surface area contributed by atoms with Crippen molar-refractivity contribution in [1.82, 2.24) is 14.9 Å². The Balaban J connectivity index is 1.63. The van der Waals surface area contributed by atoms with Crippen LogP contribution in [0.4, 0.5) is 0 Å². The first kappa shape index (κ1) is 10.3. The highest BCUT2D eigenvalue weighted by molar-refractivity contribution is 5.04.